The first kappa shape index (κ1) is 34.3. The summed E-state index contributed by atoms with van der Waals surface area (Å²) in [4.78, 5) is 54.8. The van der Waals surface area contributed by atoms with Gasteiger partial charge in [-0.3, -0.25) is 18.9 Å². The summed E-state index contributed by atoms with van der Waals surface area (Å²) in [7, 11) is -1.98. The molecule has 0 aliphatic carbocycles. The highest BCUT2D eigenvalue weighted by Gasteiger charge is 2.32. The number of halogens is 2. The van der Waals surface area contributed by atoms with Crippen molar-refractivity contribution < 1.29 is 61.6 Å². The topological polar surface area (TPSA) is 166 Å². The van der Waals surface area contributed by atoms with Crippen LogP contribution < -0.4 is 18.9 Å². The van der Waals surface area contributed by atoms with Gasteiger partial charge in [0.1, 0.15) is 6.16 Å². The molecule has 0 bridgehead atoms. The zero-order valence-electron chi connectivity index (χ0n) is 24.5. The number of hydrogen-bond acceptors (Lipinski definition) is 10. The lowest BCUT2D eigenvalue weighted by molar-refractivity contribution is -0.146. The quantitative estimate of drug-likeness (QED) is 0.0730. The van der Waals surface area contributed by atoms with Crippen molar-refractivity contribution in [1.82, 2.24) is 0 Å². The Labute approximate surface area is 263 Å². The Kier molecular flexibility index (Phi) is 10.2. The molecule has 4 rings (SSSR count). The SMILES string of the molecule is COc1cc2sc(C(=O)CC(C)(C)C(=O)O)cc2c(F)c1OCCCOc1c(OC)cc2sc(C(=O)CP(=O)(O)O)cc2c1F. The molecule has 45 heavy (non-hydrogen) atoms. The molecule has 11 nitrogen and oxygen atoms in total. The van der Waals surface area contributed by atoms with E-state index in [4.69, 9.17) is 28.7 Å². The summed E-state index contributed by atoms with van der Waals surface area (Å²) < 4.78 is 64.6. The average molecular weight is 687 g/mol. The fraction of sp³-hybridized carbons (Fsp3) is 0.345. The minimum Gasteiger partial charge on any atom is -0.493 e. The first-order chi connectivity index (χ1) is 21.1. The number of ketones is 2. The maximum absolute atomic E-state index is 15.5. The first-order valence-corrected chi connectivity index (χ1v) is 16.7. The molecular weight excluding hydrogens is 657 g/mol. The van der Waals surface area contributed by atoms with E-state index in [0.717, 1.165) is 22.7 Å². The van der Waals surface area contributed by atoms with Crippen molar-refractivity contribution in [2.24, 2.45) is 5.41 Å². The number of hydrogen-bond donors (Lipinski definition) is 3. The van der Waals surface area contributed by atoms with Crippen LogP contribution in [0.25, 0.3) is 20.2 Å². The Balaban J connectivity index is 1.46. The van der Waals surface area contributed by atoms with Crippen LogP contribution in [0.5, 0.6) is 23.0 Å². The Hall–Kier alpha value is -3.62. The third kappa shape index (κ3) is 7.61. The van der Waals surface area contributed by atoms with Gasteiger partial charge in [0.2, 0.25) is 0 Å². The van der Waals surface area contributed by atoms with E-state index in [2.05, 4.69) is 0 Å². The Bertz CT molecular complexity index is 1840. The Morgan fingerprint density at radius 3 is 1.67 bits per heavy atom. The second-order valence-electron chi connectivity index (χ2n) is 10.6. The Morgan fingerprint density at radius 2 is 1.27 bits per heavy atom. The highest BCUT2D eigenvalue weighted by Crippen LogP contribution is 2.43. The van der Waals surface area contributed by atoms with E-state index < -0.39 is 48.3 Å². The standard InChI is InChI=1S/C29H29F2O11PS2/c1-29(2,28(34)35)12-16(32)22-8-14-20(44-22)10-18(39-3)26(24(14)30)41-6-5-7-42-27-19(40-4)11-21-15(25(27)31)9-23(45-21)17(33)13-43(36,37)38/h8-11H,5-7,12-13H2,1-4H3,(H,34,35)(H2,36,37,38). The van der Waals surface area contributed by atoms with Crippen molar-refractivity contribution in [3.63, 3.8) is 0 Å². The molecule has 0 radical (unpaired) electrons. The molecule has 16 heteroatoms. The second-order valence-corrected chi connectivity index (χ2v) is 14.4. The zero-order valence-corrected chi connectivity index (χ0v) is 27.0. The number of ether oxygens (including phenoxy) is 4. The van der Waals surface area contributed by atoms with Crippen LogP contribution >= 0.6 is 30.3 Å². The summed E-state index contributed by atoms with van der Waals surface area (Å²) in [6, 6.07) is 5.51. The molecule has 0 atom stereocenters. The van der Waals surface area contributed by atoms with Crippen LogP contribution in [0.4, 0.5) is 8.78 Å². The number of Topliss-reactive ketones (excluding diaryl/α,β-unsaturated/α-hetero) is 2. The molecule has 4 aromatic rings. The van der Waals surface area contributed by atoms with Crippen molar-refractivity contribution in [1.29, 1.82) is 0 Å². The van der Waals surface area contributed by atoms with E-state index in [-0.39, 0.29) is 69.6 Å². The number of rotatable bonds is 15. The van der Waals surface area contributed by atoms with Crippen molar-refractivity contribution in [2.45, 2.75) is 26.7 Å². The summed E-state index contributed by atoms with van der Waals surface area (Å²) in [5.41, 5.74) is -1.29. The van der Waals surface area contributed by atoms with E-state index in [9.17, 15) is 24.1 Å². The predicted molar refractivity (Wildman–Crippen MR) is 164 cm³/mol. The average Bonchev–Trinajstić information content (AvgIpc) is 3.58. The lowest BCUT2D eigenvalue weighted by atomic mass is 9.87. The van der Waals surface area contributed by atoms with Crippen LogP contribution in [-0.2, 0) is 9.36 Å². The van der Waals surface area contributed by atoms with Gasteiger partial charge in [0.15, 0.2) is 46.2 Å². The number of carboxylic acids is 1. The minimum absolute atomic E-state index is 0.0151. The minimum atomic E-state index is -4.61. The van der Waals surface area contributed by atoms with Gasteiger partial charge in [0.05, 0.1) is 42.6 Å². The molecular formula is C29H29F2O11PS2. The monoisotopic (exact) mass is 686 g/mol. The predicted octanol–water partition coefficient (Wildman–Crippen LogP) is 6.30. The van der Waals surface area contributed by atoms with Crippen LogP contribution in [0.3, 0.4) is 0 Å². The summed E-state index contributed by atoms with van der Waals surface area (Å²) >= 11 is 1.88. The smallest absolute Gasteiger partial charge is 0.333 e. The first-order valence-electron chi connectivity index (χ1n) is 13.3. The number of aliphatic carboxylic acids is 1. The van der Waals surface area contributed by atoms with Gasteiger partial charge in [-0.15, -0.1) is 22.7 Å². The fourth-order valence-electron chi connectivity index (χ4n) is 4.28. The van der Waals surface area contributed by atoms with Gasteiger partial charge >= 0.3 is 13.6 Å². The van der Waals surface area contributed by atoms with Crippen molar-refractivity contribution in [2.75, 3.05) is 33.6 Å². The summed E-state index contributed by atoms with van der Waals surface area (Å²) in [5.74, 6) is -4.32. The van der Waals surface area contributed by atoms with E-state index in [1.54, 1.807) is 0 Å². The van der Waals surface area contributed by atoms with Gasteiger partial charge in [-0.05, 0) is 26.0 Å². The van der Waals surface area contributed by atoms with Crippen LogP contribution in [0, 0.1) is 17.0 Å². The zero-order chi connectivity index (χ0) is 33.3. The van der Waals surface area contributed by atoms with Crippen LogP contribution in [0.15, 0.2) is 24.3 Å². The third-order valence-corrected chi connectivity index (χ3v) is 9.61. The highest BCUT2D eigenvalue weighted by atomic mass is 32.1. The lowest BCUT2D eigenvalue weighted by Crippen LogP contribution is -2.26. The van der Waals surface area contributed by atoms with Gasteiger partial charge < -0.3 is 33.8 Å². The lowest BCUT2D eigenvalue weighted by Gasteiger charge is -2.16. The number of methoxy groups -OCH3 is 2. The molecule has 2 aromatic carbocycles. The molecule has 0 saturated carbocycles. The molecule has 0 amide bonds. The van der Waals surface area contributed by atoms with Gasteiger partial charge in [-0.25, -0.2) is 8.78 Å². The third-order valence-electron chi connectivity index (χ3n) is 6.67. The summed E-state index contributed by atoms with van der Waals surface area (Å²) in [5, 5.41) is 9.46. The molecule has 0 fully saturated rings. The van der Waals surface area contributed by atoms with Crippen LogP contribution in [0.2, 0.25) is 0 Å². The number of fused-ring (bicyclic) bond motifs is 2. The van der Waals surface area contributed by atoms with Crippen LogP contribution in [0.1, 0.15) is 46.0 Å². The van der Waals surface area contributed by atoms with Crippen molar-refractivity contribution in [3.8, 4) is 23.0 Å². The Morgan fingerprint density at radius 1 is 0.822 bits per heavy atom. The van der Waals surface area contributed by atoms with Crippen molar-refractivity contribution in [3.05, 3.63) is 45.7 Å². The van der Waals surface area contributed by atoms with Gasteiger partial charge in [0.25, 0.3) is 0 Å². The van der Waals surface area contributed by atoms with Gasteiger partial charge in [-0.2, -0.15) is 0 Å². The van der Waals surface area contributed by atoms with E-state index in [1.165, 1.54) is 52.3 Å². The number of thiophene rings is 2. The number of carbonyl (C=O) groups excluding carboxylic acids is 2. The molecule has 0 unspecified atom stereocenters. The number of carboxylic acid groups (broad SMARTS) is 1. The molecule has 2 heterocycles. The summed E-state index contributed by atoms with van der Waals surface area (Å²) in [6.07, 6.45) is -1.11. The normalized spacial score (nSPS) is 12.0. The molecule has 0 aliphatic rings. The van der Waals surface area contributed by atoms with E-state index in [1.807, 2.05) is 0 Å². The van der Waals surface area contributed by atoms with Crippen LogP contribution in [-0.4, -0.2) is 66.0 Å². The molecule has 242 valence electrons. The molecule has 0 spiro atoms. The molecule has 0 aliphatic heterocycles. The summed E-state index contributed by atoms with van der Waals surface area (Å²) in [6.45, 7) is 2.70. The van der Waals surface area contributed by atoms with Gasteiger partial charge in [-0.1, -0.05) is 0 Å². The number of benzene rings is 2. The maximum Gasteiger partial charge on any atom is 0.333 e. The van der Waals surface area contributed by atoms with Crippen molar-refractivity contribution >= 4 is 68.0 Å². The van der Waals surface area contributed by atoms with E-state index in [0.29, 0.717) is 9.40 Å². The molecule has 3 N–H and O–H groups in total. The maximum atomic E-state index is 15.5. The highest BCUT2D eigenvalue weighted by molar-refractivity contribution is 7.53. The van der Waals surface area contributed by atoms with Gasteiger partial charge in [0, 0.05) is 45.1 Å². The second kappa shape index (κ2) is 13.4. The molecule has 2 aromatic heterocycles. The van der Waals surface area contributed by atoms with E-state index >= 15 is 8.78 Å². The number of carbonyl (C=O) groups is 3. The molecule has 0 saturated heterocycles. The fourth-order valence-corrected chi connectivity index (χ4v) is 6.98. The largest absolute Gasteiger partial charge is 0.493 e.